The van der Waals surface area contributed by atoms with E-state index in [1.54, 1.807) is 27.8 Å². The predicted octanol–water partition coefficient (Wildman–Crippen LogP) is 2.22. The minimum absolute atomic E-state index is 0.0154. The van der Waals surface area contributed by atoms with Gasteiger partial charge in [0, 0.05) is 19.2 Å². The average molecular weight is 442 g/mol. The molecule has 0 aliphatic carbocycles. The minimum atomic E-state index is -0.655. The van der Waals surface area contributed by atoms with Crippen LogP contribution in [0.3, 0.4) is 0 Å². The molecular formula is C21H19FN4O4S. The van der Waals surface area contributed by atoms with Crippen LogP contribution in [0.1, 0.15) is 34.0 Å². The quantitative estimate of drug-likeness (QED) is 0.666. The Labute approximate surface area is 180 Å². The van der Waals surface area contributed by atoms with Gasteiger partial charge in [0.1, 0.15) is 10.8 Å². The molecule has 1 N–H and O–H groups in total. The summed E-state index contributed by atoms with van der Waals surface area (Å²) in [6.45, 7) is 3.11. The molecule has 0 radical (unpaired) electrons. The summed E-state index contributed by atoms with van der Waals surface area (Å²) in [6.07, 6.45) is 2.02. The number of carbonyl (C=O) groups is 1. The van der Waals surface area contributed by atoms with Crippen LogP contribution in [0.25, 0.3) is 10.6 Å². The first kappa shape index (κ1) is 19.8. The van der Waals surface area contributed by atoms with Crippen molar-refractivity contribution in [3.63, 3.8) is 0 Å². The third-order valence-corrected chi connectivity index (χ3v) is 6.72. The molecule has 5 rings (SSSR count). The molecule has 10 heteroatoms. The molecule has 31 heavy (non-hydrogen) atoms. The molecule has 0 bridgehead atoms. The second kappa shape index (κ2) is 7.54. The van der Waals surface area contributed by atoms with Crippen LogP contribution >= 0.6 is 11.3 Å². The maximum absolute atomic E-state index is 13.1. The lowest BCUT2D eigenvalue weighted by Crippen LogP contribution is -2.51. The maximum atomic E-state index is 13.1. The summed E-state index contributed by atoms with van der Waals surface area (Å²) in [5.41, 5.74) is 0.383. The normalized spacial score (nSPS) is 20.1. The van der Waals surface area contributed by atoms with Crippen molar-refractivity contribution < 1.29 is 19.0 Å². The standard InChI is InChI=1S/C21H19FN4O4S/c1-2-25-14-9-30-10-15(14)26-8-13(18(27)19(28)17(26)21(25)29)20-24-23-16(31-20)7-11-3-5-12(22)6-4-11/h3-6,8,14-15,28H,2,7,9-10H2,1H3. The predicted molar refractivity (Wildman–Crippen MR) is 111 cm³/mol. The summed E-state index contributed by atoms with van der Waals surface area (Å²) in [6, 6.07) is 5.75. The number of fused-ring (bicyclic) bond motifs is 3. The zero-order valence-electron chi connectivity index (χ0n) is 16.6. The molecule has 1 fully saturated rings. The number of hydrogen-bond acceptors (Lipinski definition) is 7. The van der Waals surface area contributed by atoms with Gasteiger partial charge in [-0.1, -0.05) is 23.5 Å². The van der Waals surface area contributed by atoms with Crippen molar-refractivity contribution in [2.24, 2.45) is 0 Å². The summed E-state index contributed by atoms with van der Waals surface area (Å²) in [5.74, 6) is -1.28. The molecule has 1 amide bonds. The highest BCUT2D eigenvalue weighted by Crippen LogP contribution is 2.36. The number of carbonyl (C=O) groups excluding carboxylic acids is 1. The number of benzene rings is 1. The fourth-order valence-electron chi connectivity index (χ4n) is 4.22. The van der Waals surface area contributed by atoms with Crippen LogP contribution < -0.4 is 5.43 Å². The number of amides is 1. The lowest BCUT2D eigenvalue weighted by atomic mass is 10.0. The zero-order valence-corrected chi connectivity index (χ0v) is 17.4. The van der Waals surface area contributed by atoms with Crippen LogP contribution in [-0.4, -0.2) is 56.5 Å². The molecule has 2 aliphatic rings. The molecule has 2 aromatic heterocycles. The Hall–Kier alpha value is -3.11. The Balaban J connectivity index is 1.55. The molecule has 160 valence electrons. The highest BCUT2D eigenvalue weighted by atomic mass is 32.1. The van der Waals surface area contributed by atoms with Gasteiger partial charge < -0.3 is 19.3 Å². The van der Waals surface area contributed by atoms with Gasteiger partial charge in [-0.05, 0) is 24.6 Å². The van der Waals surface area contributed by atoms with Crippen LogP contribution in [0.2, 0.25) is 0 Å². The van der Waals surface area contributed by atoms with E-state index in [4.69, 9.17) is 4.74 Å². The molecule has 1 saturated heterocycles. The number of ether oxygens (including phenoxy) is 1. The second-order valence-corrected chi connectivity index (χ2v) is 8.61. The first-order valence-electron chi connectivity index (χ1n) is 9.92. The van der Waals surface area contributed by atoms with Crippen molar-refractivity contribution >= 4 is 17.2 Å². The van der Waals surface area contributed by atoms with Crippen LogP contribution in [0, 0.1) is 5.82 Å². The van der Waals surface area contributed by atoms with Gasteiger partial charge in [-0.15, -0.1) is 10.2 Å². The number of rotatable bonds is 4. The molecule has 4 heterocycles. The van der Waals surface area contributed by atoms with E-state index in [9.17, 15) is 19.1 Å². The number of halogens is 1. The van der Waals surface area contributed by atoms with Crippen LogP contribution in [-0.2, 0) is 11.2 Å². The van der Waals surface area contributed by atoms with Gasteiger partial charge in [0.2, 0.25) is 5.43 Å². The van der Waals surface area contributed by atoms with Crippen LogP contribution in [0.4, 0.5) is 4.39 Å². The minimum Gasteiger partial charge on any atom is -0.503 e. The van der Waals surface area contributed by atoms with Crippen LogP contribution in [0.15, 0.2) is 35.3 Å². The number of pyridine rings is 1. The average Bonchev–Trinajstić information content (AvgIpc) is 3.42. The summed E-state index contributed by atoms with van der Waals surface area (Å²) >= 11 is 1.22. The van der Waals surface area contributed by atoms with Gasteiger partial charge in [-0.25, -0.2) is 4.39 Å². The number of likely N-dealkylation sites (N-methyl/N-ethyl adjacent to an activating group) is 1. The fraction of sp³-hybridized carbons (Fsp3) is 0.333. The Kier molecular flexibility index (Phi) is 4.82. The molecule has 2 aliphatic heterocycles. The van der Waals surface area contributed by atoms with E-state index in [0.29, 0.717) is 36.2 Å². The fourth-order valence-corrected chi connectivity index (χ4v) is 5.10. The molecule has 1 aromatic carbocycles. The number of nitrogens with zero attached hydrogens (tertiary/aromatic N) is 4. The largest absolute Gasteiger partial charge is 0.503 e. The van der Waals surface area contributed by atoms with E-state index in [-0.39, 0.29) is 35.1 Å². The number of aromatic nitrogens is 3. The van der Waals surface area contributed by atoms with E-state index in [1.807, 2.05) is 6.92 Å². The second-order valence-electron chi connectivity index (χ2n) is 7.54. The van der Waals surface area contributed by atoms with Gasteiger partial charge in [0.05, 0.1) is 30.9 Å². The summed E-state index contributed by atoms with van der Waals surface area (Å²) in [4.78, 5) is 27.5. The van der Waals surface area contributed by atoms with Gasteiger partial charge in [-0.3, -0.25) is 9.59 Å². The molecule has 3 aromatic rings. The first-order chi connectivity index (χ1) is 15.0. The monoisotopic (exact) mass is 442 g/mol. The highest BCUT2D eigenvalue weighted by Gasteiger charge is 2.44. The Morgan fingerprint density at radius 2 is 1.94 bits per heavy atom. The van der Waals surface area contributed by atoms with Gasteiger partial charge in [0.15, 0.2) is 16.5 Å². The van der Waals surface area contributed by atoms with E-state index in [2.05, 4.69) is 10.2 Å². The van der Waals surface area contributed by atoms with Crippen molar-refractivity contribution in [1.29, 1.82) is 0 Å². The van der Waals surface area contributed by atoms with Crippen molar-refractivity contribution in [1.82, 2.24) is 19.7 Å². The van der Waals surface area contributed by atoms with Crippen molar-refractivity contribution in [2.45, 2.75) is 25.4 Å². The maximum Gasteiger partial charge on any atom is 0.274 e. The third-order valence-electron chi connectivity index (χ3n) is 5.76. The van der Waals surface area contributed by atoms with Crippen molar-refractivity contribution in [2.75, 3.05) is 19.8 Å². The first-order valence-corrected chi connectivity index (χ1v) is 10.7. The topological polar surface area (TPSA) is 97.5 Å². The molecular weight excluding hydrogens is 423 g/mol. The molecule has 8 nitrogen and oxygen atoms in total. The van der Waals surface area contributed by atoms with Gasteiger partial charge in [0.25, 0.3) is 5.91 Å². The van der Waals surface area contributed by atoms with Gasteiger partial charge >= 0.3 is 0 Å². The third kappa shape index (κ3) is 3.22. The smallest absolute Gasteiger partial charge is 0.274 e. The van der Waals surface area contributed by atoms with E-state index in [0.717, 1.165) is 5.56 Å². The Morgan fingerprint density at radius 1 is 1.19 bits per heavy atom. The summed E-state index contributed by atoms with van der Waals surface area (Å²) in [7, 11) is 0. The molecule has 2 unspecified atom stereocenters. The lowest BCUT2D eigenvalue weighted by Gasteiger charge is -2.38. The van der Waals surface area contributed by atoms with Crippen molar-refractivity contribution in [3.8, 4) is 16.3 Å². The summed E-state index contributed by atoms with van der Waals surface area (Å²) < 4.78 is 20.4. The van der Waals surface area contributed by atoms with E-state index >= 15 is 0 Å². The summed E-state index contributed by atoms with van der Waals surface area (Å²) in [5, 5.41) is 19.9. The molecule has 0 spiro atoms. The Bertz CT molecular complexity index is 1220. The van der Waals surface area contributed by atoms with Crippen molar-refractivity contribution in [3.05, 3.63) is 62.8 Å². The molecule has 0 saturated carbocycles. The zero-order chi connectivity index (χ0) is 21.7. The van der Waals surface area contributed by atoms with Crippen LogP contribution in [0.5, 0.6) is 5.75 Å². The Morgan fingerprint density at radius 3 is 2.68 bits per heavy atom. The SMILES string of the molecule is CCN1C(=O)c2c(O)c(=O)c(-c3nnc(Cc4ccc(F)cc4)s3)cn2C2COCC21. The molecule has 2 atom stereocenters. The highest BCUT2D eigenvalue weighted by molar-refractivity contribution is 7.14. The van der Waals surface area contributed by atoms with E-state index in [1.165, 1.54) is 23.5 Å². The number of hydrogen-bond donors (Lipinski definition) is 1. The van der Waals surface area contributed by atoms with E-state index < -0.39 is 11.2 Å². The van der Waals surface area contributed by atoms with Gasteiger partial charge in [-0.2, -0.15) is 0 Å². The number of aromatic hydroxyl groups is 1. The lowest BCUT2D eigenvalue weighted by molar-refractivity contribution is 0.0571.